The average molecular weight is 413 g/mol. The lowest BCUT2D eigenvalue weighted by atomic mass is 10.0. The predicted molar refractivity (Wildman–Crippen MR) is 111 cm³/mol. The molecule has 2 heterocycles. The minimum absolute atomic E-state index is 0.0872. The van der Waals surface area contributed by atoms with Crippen molar-refractivity contribution in [3.05, 3.63) is 47.9 Å². The fourth-order valence-corrected chi connectivity index (χ4v) is 3.29. The Balaban J connectivity index is 1.56. The molecule has 1 fully saturated rings. The third-order valence-corrected chi connectivity index (χ3v) is 4.97. The van der Waals surface area contributed by atoms with Gasteiger partial charge in [-0.05, 0) is 25.0 Å². The molecule has 0 radical (unpaired) electrons. The molecule has 2 N–H and O–H groups in total. The summed E-state index contributed by atoms with van der Waals surface area (Å²) in [5.74, 6) is -0.276. The van der Waals surface area contributed by atoms with Crippen molar-refractivity contribution in [2.24, 2.45) is 5.92 Å². The molecule has 1 atom stereocenters. The molecule has 0 aliphatic carbocycles. The van der Waals surface area contributed by atoms with Crippen LogP contribution in [0.2, 0.25) is 0 Å². The largest absolute Gasteiger partial charge is 0.351 e. The van der Waals surface area contributed by atoms with E-state index in [0.717, 1.165) is 0 Å². The monoisotopic (exact) mass is 413 g/mol. The third kappa shape index (κ3) is 5.16. The zero-order chi connectivity index (χ0) is 21.7. The number of nitrogens with one attached hydrogen (secondary N) is 2. The number of piperazine rings is 1. The Bertz CT molecular complexity index is 888. The molecule has 1 saturated heterocycles. The van der Waals surface area contributed by atoms with Gasteiger partial charge in [0.1, 0.15) is 6.04 Å². The van der Waals surface area contributed by atoms with Gasteiger partial charge in [-0.2, -0.15) is 0 Å². The number of para-hydroxylation sites is 1. The molecule has 1 aromatic carbocycles. The van der Waals surface area contributed by atoms with Crippen LogP contribution in [-0.2, 0) is 4.79 Å². The van der Waals surface area contributed by atoms with Gasteiger partial charge in [0.15, 0.2) is 0 Å². The van der Waals surface area contributed by atoms with E-state index in [0.29, 0.717) is 37.6 Å². The van der Waals surface area contributed by atoms with E-state index in [1.165, 1.54) is 0 Å². The smallest absolute Gasteiger partial charge is 0.319 e. The van der Waals surface area contributed by atoms with Crippen LogP contribution in [0.4, 0.5) is 10.5 Å². The van der Waals surface area contributed by atoms with E-state index in [-0.39, 0.29) is 23.5 Å². The number of nitrogens with zero attached hydrogens (tertiary/aromatic N) is 3. The Morgan fingerprint density at radius 3 is 2.23 bits per heavy atom. The van der Waals surface area contributed by atoms with E-state index >= 15 is 0 Å². The van der Waals surface area contributed by atoms with E-state index < -0.39 is 12.1 Å². The Morgan fingerprint density at radius 2 is 1.67 bits per heavy atom. The van der Waals surface area contributed by atoms with Crippen LogP contribution in [0.25, 0.3) is 0 Å². The summed E-state index contributed by atoms with van der Waals surface area (Å²) in [4.78, 5) is 41.2. The molecule has 2 aromatic rings. The molecule has 1 aliphatic rings. The van der Waals surface area contributed by atoms with Crippen molar-refractivity contribution in [1.82, 2.24) is 20.3 Å². The second-order valence-corrected chi connectivity index (χ2v) is 7.64. The number of benzene rings is 1. The van der Waals surface area contributed by atoms with Gasteiger partial charge in [0.25, 0.3) is 5.91 Å². The van der Waals surface area contributed by atoms with Crippen LogP contribution >= 0.6 is 0 Å². The number of carbonyl (C=O) groups excluding carboxylic acids is 3. The first-order valence-corrected chi connectivity index (χ1v) is 9.99. The molecule has 3 rings (SSSR count). The van der Waals surface area contributed by atoms with Crippen LogP contribution in [0, 0.1) is 12.8 Å². The van der Waals surface area contributed by atoms with Crippen molar-refractivity contribution < 1.29 is 18.9 Å². The first kappa shape index (κ1) is 21.4. The lowest BCUT2D eigenvalue weighted by Crippen LogP contribution is -2.57. The lowest BCUT2D eigenvalue weighted by Gasteiger charge is -2.36. The zero-order valence-electron chi connectivity index (χ0n) is 17.4. The molecule has 30 heavy (non-hydrogen) atoms. The maximum absolute atomic E-state index is 13.0. The zero-order valence-corrected chi connectivity index (χ0v) is 17.4. The summed E-state index contributed by atoms with van der Waals surface area (Å²) in [6.45, 7) is 7.10. The number of hydrogen-bond donors (Lipinski definition) is 2. The number of rotatable bonds is 5. The van der Waals surface area contributed by atoms with Gasteiger partial charge < -0.3 is 25.0 Å². The molecular formula is C21H27N5O4. The molecular weight excluding hydrogens is 386 g/mol. The van der Waals surface area contributed by atoms with Gasteiger partial charge >= 0.3 is 6.03 Å². The Labute approximate surface area is 175 Å². The van der Waals surface area contributed by atoms with Gasteiger partial charge in [0.05, 0.1) is 5.69 Å². The van der Waals surface area contributed by atoms with Gasteiger partial charge in [-0.1, -0.05) is 37.2 Å². The van der Waals surface area contributed by atoms with Gasteiger partial charge in [-0.15, -0.1) is 0 Å². The second kappa shape index (κ2) is 9.43. The molecule has 160 valence electrons. The summed E-state index contributed by atoms with van der Waals surface area (Å²) in [5.41, 5.74) is 1.30. The summed E-state index contributed by atoms with van der Waals surface area (Å²) in [7, 11) is 0. The van der Waals surface area contributed by atoms with E-state index in [1.54, 1.807) is 34.9 Å². The van der Waals surface area contributed by atoms with Crippen molar-refractivity contribution in [2.75, 3.05) is 31.5 Å². The first-order chi connectivity index (χ1) is 14.3. The third-order valence-electron chi connectivity index (χ3n) is 4.97. The fourth-order valence-electron chi connectivity index (χ4n) is 3.29. The quantitative estimate of drug-likeness (QED) is 0.781. The molecule has 0 bridgehead atoms. The molecule has 9 heteroatoms. The molecule has 1 unspecified atom stereocenters. The summed E-state index contributed by atoms with van der Waals surface area (Å²) >= 11 is 0. The van der Waals surface area contributed by atoms with Gasteiger partial charge in [0, 0.05) is 37.9 Å². The topological polar surface area (TPSA) is 108 Å². The summed E-state index contributed by atoms with van der Waals surface area (Å²) in [6.07, 6.45) is 0. The van der Waals surface area contributed by atoms with Gasteiger partial charge in [-0.25, -0.2) is 4.79 Å². The lowest BCUT2D eigenvalue weighted by molar-refractivity contribution is -0.135. The molecule has 1 aromatic heterocycles. The maximum atomic E-state index is 13.0. The van der Waals surface area contributed by atoms with Crippen molar-refractivity contribution >= 4 is 23.5 Å². The summed E-state index contributed by atoms with van der Waals surface area (Å²) in [5, 5.41) is 9.26. The number of hydrogen-bond acceptors (Lipinski definition) is 5. The summed E-state index contributed by atoms with van der Waals surface area (Å²) < 4.78 is 5.04. The number of aromatic nitrogens is 1. The van der Waals surface area contributed by atoms with E-state index in [2.05, 4.69) is 15.8 Å². The molecule has 0 saturated carbocycles. The van der Waals surface area contributed by atoms with Crippen molar-refractivity contribution in [3.8, 4) is 0 Å². The van der Waals surface area contributed by atoms with Gasteiger partial charge in [-0.3, -0.25) is 9.59 Å². The number of urea groups is 1. The fraction of sp³-hybridized carbons (Fsp3) is 0.429. The Morgan fingerprint density at radius 1 is 1.03 bits per heavy atom. The Kier molecular flexibility index (Phi) is 6.71. The molecule has 9 nitrogen and oxygen atoms in total. The highest BCUT2D eigenvalue weighted by Gasteiger charge is 2.32. The van der Waals surface area contributed by atoms with Crippen LogP contribution in [-0.4, -0.2) is 65.0 Å². The predicted octanol–water partition coefficient (Wildman–Crippen LogP) is 2.11. The van der Waals surface area contributed by atoms with E-state index in [9.17, 15) is 14.4 Å². The average Bonchev–Trinajstić information content (AvgIpc) is 3.18. The van der Waals surface area contributed by atoms with Gasteiger partial charge in [0.2, 0.25) is 11.7 Å². The molecule has 4 amide bonds. The molecule has 0 spiro atoms. The maximum Gasteiger partial charge on any atom is 0.319 e. The summed E-state index contributed by atoms with van der Waals surface area (Å²) in [6, 6.07) is 9.57. The molecule has 1 aliphatic heterocycles. The van der Waals surface area contributed by atoms with Crippen LogP contribution in [0.3, 0.4) is 0 Å². The van der Waals surface area contributed by atoms with Crippen molar-refractivity contribution in [3.63, 3.8) is 0 Å². The number of carbonyl (C=O) groups is 3. The normalized spacial score (nSPS) is 15.1. The van der Waals surface area contributed by atoms with Crippen LogP contribution in [0.15, 0.2) is 40.9 Å². The minimum atomic E-state index is -0.659. The highest BCUT2D eigenvalue weighted by molar-refractivity contribution is 5.94. The highest BCUT2D eigenvalue weighted by atomic mass is 16.5. The number of amides is 4. The minimum Gasteiger partial charge on any atom is -0.351 e. The van der Waals surface area contributed by atoms with Crippen molar-refractivity contribution in [1.29, 1.82) is 0 Å². The van der Waals surface area contributed by atoms with Crippen molar-refractivity contribution in [2.45, 2.75) is 26.8 Å². The van der Waals surface area contributed by atoms with Crippen LogP contribution < -0.4 is 10.6 Å². The van der Waals surface area contributed by atoms with Crippen LogP contribution in [0.1, 0.15) is 30.1 Å². The van der Waals surface area contributed by atoms with Crippen LogP contribution in [0.5, 0.6) is 0 Å². The van der Waals surface area contributed by atoms with E-state index in [4.69, 9.17) is 4.52 Å². The first-order valence-electron chi connectivity index (χ1n) is 9.99. The number of aryl methyl sites for hydroxylation is 1. The standard InChI is InChI=1S/C21H27N5O4/c1-14(2)18(23-21(29)22-16-7-5-4-6-8-16)20(28)26-11-9-25(10-12-26)19(27)17-13-15(3)24-30-17/h4-8,13-14,18H,9-12H2,1-3H3,(H2,22,23,29). The second-order valence-electron chi connectivity index (χ2n) is 7.64. The van der Waals surface area contributed by atoms with E-state index in [1.807, 2.05) is 32.0 Å². The highest BCUT2D eigenvalue weighted by Crippen LogP contribution is 2.13. The SMILES string of the molecule is Cc1cc(C(=O)N2CCN(C(=O)C(NC(=O)Nc3ccccc3)C(C)C)CC2)on1. The Hall–Kier alpha value is -3.36. The number of anilines is 1.